The largest absolute Gasteiger partial charge is 0.487 e. The van der Waals surface area contributed by atoms with E-state index >= 15 is 0 Å². The van der Waals surface area contributed by atoms with Crippen LogP contribution in [0.3, 0.4) is 0 Å². The number of ether oxygens (including phenoxy) is 1. The molecule has 0 aliphatic carbocycles. The molecule has 0 fully saturated rings. The molecule has 2 nitrogen and oxygen atoms in total. The molecule has 114 valence electrons. The summed E-state index contributed by atoms with van der Waals surface area (Å²) in [5.74, 6) is 1.30. The summed E-state index contributed by atoms with van der Waals surface area (Å²) in [7, 11) is 0. The highest BCUT2D eigenvalue weighted by molar-refractivity contribution is 7.07. The Morgan fingerprint density at radius 1 is 1.29 bits per heavy atom. The number of nitrogens with one attached hydrogen (secondary N) is 1. The molecule has 0 bridgehead atoms. The minimum atomic E-state index is 0.516. The minimum Gasteiger partial charge on any atom is -0.487 e. The molecule has 1 aromatic carbocycles. The Morgan fingerprint density at radius 2 is 2.10 bits per heavy atom. The van der Waals surface area contributed by atoms with Crippen LogP contribution in [-0.2, 0) is 13.2 Å². The van der Waals surface area contributed by atoms with E-state index in [1.807, 2.05) is 17.5 Å². The quantitative estimate of drug-likeness (QED) is 0.728. The van der Waals surface area contributed by atoms with Gasteiger partial charge in [-0.25, -0.2) is 0 Å². The van der Waals surface area contributed by atoms with Crippen molar-refractivity contribution in [1.82, 2.24) is 5.32 Å². The molecule has 0 aliphatic rings. The third-order valence-electron chi connectivity index (χ3n) is 2.92. The van der Waals surface area contributed by atoms with Gasteiger partial charge in [-0.1, -0.05) is 37.0 Å². The Labute approximate surface area is 140 Å². The molecule has 2 aromatic rings. The Morgan fingerprint density at radius 3 is 2.76 bits per heavy atom. The van der Waals surface area contributed by atoms with Crippen molar-refractivity contribution in [2.75, 3.05) is 6.54 Å². The van der Waals surface area contributed by atoms with Crippen molar-refractivity contribution in [1.29, 1.82) is 0 Å². The van der Waals surface area contributed by atoms with Crippen LogP contribution in [0.2, 0.25) is 10.0 Å². The average molecular weight is 344 g/mol. The van der Waals surface area contributed by atoms with Crippen molar-refractivity contribution >= 4 is 34.5 Å². The highest BCUT2D eigenvalue weighted by atomic mass is 35.5. The molecule has 1 heterocycles. The van der Waals surface area contributed by atoms with Crippen LogP contribution in [-0.4, -0.2) is 6.54 Å². The Bertz CT molecular complexity index is 570. The lowest BCUT2D eigenvalue weighted by atomic mass is 10.1. The van der Waals surface area contributed by atoms with Gasteiger partial charge in [0, 0.05) is 17.1 Å². The molecule has 2 rings (SSSR count). The summed E-state index contributed by atoms with van der Waals surface area (Å²) < 4.78 is 5.90. The summed E-state index contributed by atoms with van der Waals surface area (Å²) >= 11 is 14.0. The first-order valence-electron chi connectivity index (χ1n) is 6.88. The Hall–Kier alpha value is -0.740. The summed E-state index contributed by atoms with van der Waals surface area (Å²) in [5.41, 5.74) is 2.13. The fourth-order valence-electron chi connectivity index (χ4n) is 1.93. The van der Waals surface area contributed by atoms with Gasteiger partial charge < -0.3 is 10.1 Å². The van der Waals surface area contributed by atoms with Gasteiger partial charge in [-0.15, -0.1) is 0 Å². The zero-order chi connectivity index (χ0) is 15.2. The monoisotopic (exact) mass is 343 g/mol. The number of hydrogen-bond donors (Lipinski definition) is 1. The number of thiophene rings is 1. The summed E-state index contributed by atoms with van der Waals surface area (Å²) in [6.45, 7) is 6.49. The van der Waals surface area contributed by atoms with Gasteiger partial charge in [0.05, 0.1) is 5.02 Å². The number of rotatable bonds is 7. The molecule has 0 amide bonds. The molecule has 0 radical (unpaired) electrons. The van der Waals surface area contributed by atoms with E-state index in [0.717, 1.165) is 17.7 Å². The van der Waals surface area contributed by atoms with Crippen LogP contribution in [0.4, 0.5) is 0 Å². The summed E-state index contributed by atoms with van der Waals surface area (Å²) in [5, 5.41) is 8.68. The molecular formula is C16H19Cl2NOS. The average Bonchev–Trinajstić information content (AvgIpc) is 2.90. The van der Waals surface area contributed by atoms with Crippen LogP contribution in [0, 0.1) is 5.92 Å². The van der Waals surface area contributed by atoms with Crippen molar-refractivity contribution in [2.24, 2.45) is 5.92 Å². The predicted molar refractivity (Wildman–Crippen MR) is 91.7 cm³/mol. The number of benzene rings is 1. The second-order valence-corrected chi connectivity index (χ2v) is 6.94. The molecule has 5 heteroatoms. The van der Waals surface area contributed by atoms with Crippen LogP contribution < -0.4 is 10.1 Å². The first-order chi connectivity index (χ1) is 10.1. The Kier molecular flexibility index (Phi) is 6.37. The van der Waals surface area contributed by atoms with Gasteiger partial charge in [0.25, 0.3) is 0 Å². The molecule has 1 N–H and O–H groups in total. The van der Waals surface area contributed by atoms with E-state index in [-0.39, 0.29) is 0 Å². The lowest BCUT2D eigenvalue weighted by Crippen LogP contribution is -2.19. The first kappa shape index (κ1) is 16.6. The number of hydrogen-bond acceptors (Lipinski definition) is 3. The smallest absolute Gasteiger partial charge is 0.142 e. The zero-order valence-electron chi connectivity index (χ0n) is 12.2. The maximum Gasteiger partial charge on any atom is 0.142 e. The van der Waals surface area contributed by atoms with Crippen LogP contribution in [0.15, 0.2) is 29.0 Å². The topological polar surface area (TPSA) is 21.3 Å². The van der Waals surface area contributed by atoms with Gasteiger partial charge in [0.1, 0.15) is 12.4 Å². The molecule has 21 heavy (non-hydrogen) atoms. The molecule has 0 unspecified atom stereocenters. The van der Waals surface area contributed by atoms with E-state index in [9.17, 15) is 0 Å². The second kappa shape index (κ2) is 8.04. The van der Waals surface area contributed by atoms with Crippen LogP contribution in [0.25, 0.3) is 0 Å². The predicted octanol–water partition coefficient (Wildman–Crippen LogP) is 5.38. The lowest BCUT2D eigenvalue weighted by molar-refractivity contribution is 0.302. The molecule has 0 spiro atoms. The van der Waals surface area contributed by atoms with E-state index in [4.69, 9.17) is 27.9 Å². The molecule has 0 saturated carbocycles. The summed E-state index contributed by atoms with van der Waals surface area (Å²) in [4.78, 5) is 0. The second-order valence-electron chi connectivity index (χ2n) is 5.32. The third kappa shape index (κ3) is 5.19. The van der Waals surface area contributed by atoms with Crippen LogP contribution >= 0.6 is 34.5 Å². The first-order valence-corrected chi connectivity index (χ1v) is 8.58. The molecule has 1 aromatic heterocycles. The van der Waals surface area contributed by atoms with Crippen LogP contribution in [0.5, 0.6) is 5.75 Å². The SMILES string of the molecule is CC(C)CNCc1cc(Cl)cc(Cl)c1OCc1ccsc1. The van der Waals surface area contributed by atoms with Crippen molar-refractivity contribution < 1.29 is 4.74 Å². The van der Waals surface area contributed by atoms with Gasteiger partial charge in [-0.05, 0) is 47.0 Å². The Balaban J connectivity index is 2.09. The fraction of sp³-hybridized carbons (Fsp3) is 0.375. The maximum atomic E-state index is 6.28. The number of halogens is 2. The summed E-state index contributed by atoms with van der Waals surface area (Å²) in [6.07, 6.45) is 0. The van der Waals surface area contributed by atoms with Gasteiger partial charge in [0.2, 0.25) is 0 Å². The van der Waals surface area contributed by atoms with Crippen molar-refractivity contribution in [3.05, 3.63) is 50.1 Å². The minimum absolute atomic E-state index is 0.516. The van der Waals surface area contributed by atoms with Crippen molar-refractivity contribution in [3.63, 3.8) is 0 Å². The van der Waals surface area contributed by atoms with Gasteiger partial charge in [-0.2, -0.15) is 11.3 Å². The van der Waals surface area contributed by atoms with E-state index in [2.05, 4.69) is 24.5 Å². The van der Waals surface area contributed by atoms with Crippen molar-refractivity contribution in [3.8, 4) is 5.75 Å². The normalized spacial score (nSPS) is 11.1. The van der Waals surface area contributed by atoms with E-state index < -0.39 is 0 Å². The highest BCUT2D eigenvalue weighted by Crippen LogP contribution is 2.33. The van der Waals surface area contributed by atoms with Gasteiger partial charge >= 0.3 is 0 Å². The van der Waals surface area contributed by atoms with Gasteiger partial charge in [-0.3, -0.25) is 0 Å². The standard InChI is InChI=1S/C16H19Cl2NOS/c1-11(2)7-19-8-13-5-14(17)6-15(18)16(13)20-9-12-3-4-21-10-12/h3-6,10-11,19H,7-9H2,1-2H3. The molecular weight excluding hydrogens is 325 g/mol. The molecule has 0 aliphatic heterocycles. The van der Waals surface area contributed by atoms with E-state index in [1.165, 1.54) is 0 Å². The lowest BCUT2D eigenvalue weighted by Gasteiger charge is -2.15. The fourth-order valence-corrected chi connectivity index (χ4v) is 3.18. The zero-order valence-corrected chi connectivity index (χ0v) is 14.5. The van der Waals surface area contributed by atoms with E-state index in [1.54, 1.807) is 17.4 Å². The molecule has 0 saturated heterocycles. The van der Waals surface area contributed by atoms with Crippen LogP contribution in [0.1, 0.15) is 25.0 Å². The summed E-state index contributed by atoms with van der Waals surface area (Å²) in [6, 6.07) is 5.67. The van der Waals surface area contributed by atoms with Gasteiger partial charge in [0.15, 0.2) is 0 Å². The van der Waals surface area contributed by atoms with Crippen molar-refractivity contribution in [2.45, 2.75) is 27.0 Å². The highest BCUT2D eigenvalue weighted by Gasteiger charge is 2.11. The third-order valence-corrected chi connectivity index (χ3v) is 4.15. The van der Waals surface area contributed by atoms with E-state index in [0.29, 0.717) is 34.9 Å². The molecule has 0 atom stereocenters. The maximum absolute atomic E-state index is 6.28.